The molecule has 1 fully saturated rings. The Morgan fingerprint density at radius 1 is 1.39 bits per heavy atom. The molecule has 0 unspecified atom stereocenters. The van der Waals surface area contributed by atoms with Crippen molar-refractivity contribution in [3.63, 3.8) is 0 Å². The van der Waals surface area contributed by atoms with Gasteiger partial charge in [0.15, 0.2) is 0 Å². The molecule has 0 bridgehead atoms. The molecule has 5 heteroatoms. The summed E-state index contributed by atoms with van der Waals surface area (Å²) in [5.74, 6) is 1.06. The van der Waals surface area contributed by atoms with Gasteiger partial charge >= 0.3 is 0 Å². The Balaban J connectivity index is 2.49. The summed E-state index contributed by atoms with van der Waals surface area (Å²) in [6, 6.07) is 0. The number of H-pyrrole nitrogens is 1. The van der Waals surface area contributed by atoms with Gasteiger partial charge in [0.25, 0.3) is 5.56 Å². The van der Waals surface area contributed by atoms with Crippen LogP contribution < -0.4 is 5.56 Å². The molecule has 1 aromatic rings. The molecule has 100 valence electrons. The zero-order valence-electron chi connectivity index (χ0n) is 11.0. The molecule has 1 N–H and O–H groups in total. The lowest BCUT2D eigenvalue weighted by atomic mass is 10.0. The van der Waals surface area contributed by atoms with Crippen LogP contribution in [0, 0.1) is 3.57 Å². The second-order valence-electron chi connectivity index (χ2n) is 5.31. The van der Waals surface area contributed by atoms with Gasteiger partial charge in [-0.3, -0.25) is 4.79 Å². The number of nitrogens with one attached hydrogen (secondary N) is 1. The van der Waals surface area contributed by atoms with E-state index < -0.39 is 5.60 Å². The number of halogens is 1. The van der Waals surface area contributed by atoms with Crippen molar-refractivity contribution in [2.24, 2.45) is 0 Å². The summed E-state index contributed by atoms with van der Waals surface area (Å²) in [7, 11) is 1.63. The van der Waals surface area contributed by atoms with Gasteiger partial charge in [0.2, 0.25) is 0 Å². The fourth-order valence-electron chi connectivity index (χ4n) is 2.33. The Labute approximate surface area is 121 Å². The van der Waals surface area contributed by atoms with Crippen molar-refractivity contribution in [2.75, 3.05) is 7.11 Å². The molecule has 1 aliphatic rings. The number of aromatic nitrogens is 2. The van der Waals surface area contributed by atoms with Crippen LogP contribution in [0.15, 0.2) is 4.79 Å². The molecule has 0 atom stereocenters. The summed E-state index contributed by atoms with van der Waals surface area (Å²) in [6.45, 7) is 3.83. The third-order valence-corrected chi connectivity index (χ3v) is 4.75. The summed E-state index contributed by atoms with van der Waals surface area (Å²) in [6.07, 6.45) is 4.75. The van der Waals surface area contributed by atoms with E-state index in [1.807, 2.05) is 13.8 Å². The second-order valence-corrected chi connectivity index (χ2v) is 6.39. The molecule has 0 radical (unpaired) electrons. The number of nitrogens with zero attached hydrogens (tertiary/aromatic N) is 1. The van der Waals surface area contributed by atoms with Gasteiger partial charge in [-0.1, -0.05) is 12.8 Å². The molecular formula is C13H19IN2O2. The molecule has 18 heavy (non-hydrogen) atoms. The average molecular weight is 362 g/mol. The Bertz CT molecular complexity index is 490. The van der Waals surface area contributed by atoms with Crippen LogP contribution >= 0.6 is 22.6 Å². The van der Waals surface area contributed by atoms with Crippen molar-refractivity contribution < 1.29 is 4.74 Å². The van der Waals surface area contributed by atoms with E-state index in [9.17, 15) is 4.79 Å². The lowest BCUT2D eigenvalue weighted by Gasteiger charge is -2.23. The summed E-state index contributed by atoms with van der Waals surface area (Å²) in [5.41, 5.74) is 0.348. The second kappa shape index (κ2) is 5.28. The smallest absolute Gasteiger partial charge is 0.264 e. The van der Waals surface area contributed by atoms with Crippen LogP contribution in [0.25, 0.3) is 0 Å². The summed E-state index contributed by atoms with van der Waals surface area (Å²) < 4.78 is 6.13. The van der Waals surface area contributed by atoms with Gasteiger partial charge in [0.05, 0.1) is 9.26 Å². The molecule has 1 heterocycles. The Kier molecular flexibility index (Phi) is 4.11. The van der Waals surface area contributed by atoms with Crippen LogP contribution in [0.5, 0.6) is 0 Å². The van der Waals surface area contributed by atoms with Gasteiger partial charge in [-0.25, -0.2) is 4.98 Å². The number of hydrogen-bond acceptors (Lipinski definition) is 3. The monoisotopic (exact) mass is 362 g/mol. The first-order valence-corrected chi connectivity index (χ1v) is 7.39. The molecule has 0 aliphatic heterocycles. The third kappa shape index (κ3) is 2.61. The van der Waals surface area contributed by atoms with Crippen LogP contribution in [-0.2, 0) is 10.3 Å². The van der Waals surface area contributed by atoms with Crippen LogP contribution in [-0.4, -0.2) is 17.1 Å². The highest BCUT2D eigenvalue weighted by molar-refractivity contribution is 14.1. The maximum Gasteiger partial charge on any atom is 0.264 e. The van der Waals surface area contributed by atoms with Crippen molar-refractivity contribution in [2.45, 2.75) is 51.0 Å². The number of ether oxygens (including phenoxy) is 1. The minimum atomic E-state index is -0.559. The zero-order chi connectivity index (χ0) is 13.3. The SMILES string of the molecule is COC(C)(C)c1nc(C2CCCC2)c(I)c(=O)[nH]1. The van der Waals surface area contributed by atoms with Crippen molar-refractivity contribution in [1.82, 2.24) is 9.97 Å². The standard InChI is InChI=1S/C13H19IN2O2/c1-13(2,18-3)12-15-10(8-6-4-5-7-8)9(14)11(17)16-12/h8H,4-7H2,1-3H3,(H,15,16,17). The van der Waals surface area contributed by atoms with Crippen molar-refractivity contribution in [3.05, 3.63) is 25.4 Å². The topological polar surface area (TPSA) is 55.0 Å². The molecule has 0 amide bonds. The van der Waals surface area contributed by atoms with E-state index in [2.05, 4.69) is 32.6 Å². The van der Waals surface area contributed by atoms with Crippen molar-refractivity contribution in [1.29, 1.82) is 0 Å². The number of rotatable bonds is 3. The fourth-order valence-corrected chi connectivity index (χ4v) is 3.02. The van der Waals surface area contributed by atoms with Gasteiger partial charge < -0.3 is 9.72 Å². The van der Waals surface area contributed by atoms with Gasteiger partial charge in [-0.15, -0.1) is 0 Å². The number of methoxy groups -OCH3 is 1. The molecule has 0 saturated heterocycles. The molecular weight excluding hydrogens is 343 g/mol. The molecule has 2 rings (SSSR count). The third-order valence-electron chi connectivity index (χ3n) is 3.71. The highest BCUT2D eigenvalue weighted by Crippen LogP contribution is 2.35. The van der Waals surface area contributed by atoms with E-state index in [-0.39, 0.29) is 5.56 Å². The van der Waals surface area contributed by atoms with Crippen LogP contribution in [0.3, 0.4) is 0 Å². The fraction of sp³-hybridized carbons (Fsp3) is 0.692. The van der Waals surface area contributed by atoms with E-state index in [1.54, 1.807) is 7.11 Å². The van der Waals surface area contributed by atoms with E-state index in [4.69, 9.17) is 4.74 Å². The first kappa shape index (κ1) is 14.0. The molecule has 4 nitrogen and oxygen atoms in total. The van der Waals surface area contributed by atoms with E-state index in [0.29, 0.717) is 11.7 Å². The van der Waals surface area contributed by atoms with Gasteiger partial charge in [0, 0.05) is 13.0 Å². The van der Waals surface area contributed by atoms with Crippen molar-refractivity contribution in [3.8, 4) is 0 Å². The molecule has 0 aromatic carbocycles. The Hall–Kier alpha value is -0.430. The van der Waals surface area contributed by atoms with Crippen LogP contribution in [0.2, 0.25) is 0 Å². The minimum Gasteiger partial charge on any atom is -0.371 e. The van der Waals surface area contributed by atoms with Crippen molar-refractivity contribution >= 4 is 22.6 Å². The molecule has 1 saturated carbocycles. The Morgan fingerprint density at radius 2 is 2.00 bits per heavy atom. The highest BCUT2D eigenvalue weighted by atomic mass is 127. The van der Waals surface area contributed by atoms with E-state index in [0.717, 1.165) is 22.1 Å². The number of hydrogen-bond donors (Lipinski definition) is 1. The lowest BCUT2D eigenvalue weighted by molar-refractivity contribution is 0.0109. The van der Waals surface area contributed by atoms with Gasteiger partial charge in [0.1, 0.15) is 11.4 Å². The van der Waals surface area contributed by atoms with Gasteiger partial charge in [-0.2, -0.15) is 0 Å². The Morgan fingerprint density at radius 3 is 2.56 bits per heavy atom. The number of aromatic amines is 1. The highest BCUT2D eigenvalue weighted by Gasteiger charge is 2.28. The average Bonchev–Trinajstić information content (AvgIpc) is 2.85. The van der Waals surface area contributed by atoms with E-state index >= 15 is 0 Å². The van der Waals surface area contributed by atoms with Crippen LogP contribution in [0.1, 0.15) is 57.0 Å². The maximum atomic E-state index is 12.0. The molecule has 0 spiro atoms. The molecule has 1 aromatic heterocycles. The zero-order valence-corrected chi connectivity index (χ0v) is 13.2. The van der Waals surface area contributed by atoms with Crippen LogP contribution in [0.4, 0.5) is 0 Å². The predicted octanol–water partition coefficient (Wildman–Crippen LogP) is 2.91. The quantitative estimate of drug-likeness (QED) is 0.842. The first-order valence-electron chi connectivity index (χ1n) is 6.31. The van der Waals surface area contributed by atoms with Gasteiger partial charge in [-0.05, 0) is 49.3 Å². The van der Waals surface area contributed by atoms with E-state index in [1.165, 1.54) is 12.8 Å². The maximum absolute atomic E-state index is 12.0. The lowest BCUT2D eigenvalue weighted by Crippen LogP contribution is -2.29. The predicted molar refractivity (Wildman–Crippen MR) is 78.8 cm³/mol. The largest absolute Gasteiger partial charge is 0.371 e. The summed E-state index contributed by atoms with van der Waals surface area (Å²) in [5, 5.41) is 0. The first-order chi connectivity index (χ1) is 8.45. The summed E-state index contributed by atoms with van der Waals surface area (Å²) in [4.78, 5) is 19.5. The normalized spacial score (nSPS) is 17.3. The minimum absolute atomic E-state index is 0.0485. The molecule has 1 aliphatic carbocycles. The summed E-state index contributed by atoms with van der Waals surface area (Å²) >= 11 is 2.10.